The minimum absolute atomic E-state index is 0.0693. The van der Waals surface area contributed by atoms with E-state index in [9.17, 15) is 20.0 Å². The number of nitro benzene ring substituents is 1. The van der Waals surface area contributed by atoms with Crippen molar-refractivity contribution in [3.05, 3.63) is 62.6 Å². The highest BCUT2D eigenvalue weighted by Crippen LogP contribution is 2.43. The van der Waals surface area contributed by atoms with E-state index < -0.39 is 22.7 Å². The quantitative estimate of drug-likeness (QED) is 0.611. The molecule has 0 saturated heterocycles. The van der Waals surface area contributed by atoms with Gasteiger partial charge in [0.25, 0.3) is 11.2 Å². The van der Waals surface area contributed by atoms with Gasteiger partial charge >= 0.3 is 0 Å². The summed E-state index contributed by atoms with van der Waals surface area (Å²) in [4.78, 5) is 24.5. The van der Waals surface area contributed by atoms with E-state index in [2.05, 4.69) is 4.98 Å². The zero-order chi connectivity index (χ0) is 18.9. The molecule has 9 heteroatoms. The van der Waals surface area contributed by atoms with Gasteiger partial charge in [0.05, 0.1) is 11.5 Å². The smallest absolute Gasteiger partial charge is 0.270 e. The van der Waals surface area contributed by atoms with Gasteiger partial charge in [-0.3, -0.25) is 14.9 Å². The molecule has 3 unspecified atom stereocenters. The van der Waals surface area contributed by atoms with Gasteiger partial charge in [-0.2, -0.15) is 0 Å². The van der Waals surface area contributed by atoms with Crippen molar-refractivity contribution in [3.63, 3.8) is 0 Å². The molecular weight excluding hydrogens is 344 g/mol. The zero-order valence-electron chi connectivity index (χ0n) is 14.2. The van der Waals surface area contributed by atoms with Crippen LogP contribution in [0, 0.1) is 10.1 Å². The summed E-state index contributed by atoms with van der Waals surface area (Å²) >= 11 is 0. The second kappa shape index (κ2) is 6.77. The van der Waals surface area contributed by atoms with E-state index in [-0.39, 0.29) is 23.6 Å². The lowest BCUT2D eigenvalue weighted by atomic mass is 9.87. The molecule has 1 aromatic heterocycles. The number of H-pyrrole nitrogens is 1. The average molecular weight is 362 g/mol. The Kier molecular flexibility index (Phi) is 4.66. The maximum Gasteiger partial charge on any atom is 0.270 e. The Morgan fingerprint density at radius 2 is 2.15 bits per heavy atom. The SMILES string of the molecule is COCC1(C)Oc2ccc([N+](=O)[O-])cc2C(Oc2cc[nH]c(=O)c2)C1O. The summed E-state index contributed by atoms with van der Waals surface area (Å²) in [6.07, 6.45) is -0.775. The lowest BCUT2D eigenvalue weighted by molar-refractivity contribution is -0.385. The number of non-ortho nitro benzene ring substituents is 1. The molecule has 0 fully saturated rings. The van der Waals surface area contributed by atoms with E-state index in [0.717, 1.165) is 0 Å². The van der Waals surface area contributed by atoms with Crippen molar-refractivity contribution in [1.82, 2.24) is 4.98 Å². The Labute approximate surface area is 148 Å². The predicted octanol–water partition coefficient (Wildman–Crippen LogP) is 1.56. The summed E-state index contributed by atoms with van der Waals surface area (Å²) in [5.41, 5.74) is -1.35. The molecule has 9 nitrogen and oxygen atoms in total. The fourth-order valence-electron chi connectivity index (χ4n) is 2.94. The Hall–Kier alpha value is -2.91. The second-order valence-electron chi connectivity index (χ2n) is 6.20. The molecule has 26 heavy (non-hydrogen) atoms. The van der Waals surface area contributed by atoms with Crippen LogP contribution in [-0.4, -0.2) is 40.4 Å². The Bertz CT molecular complexity index is 881. The summed E-state index contributed by atoms with van der Waals surface area (Å²) in [6, 6.07) is 6.82. The van der Waals surface area contributed by atoms with Gasteiger partial charge in [0.2, 0.25) is 0 Å². The highest BCUT2D eigenvalue weighted by atomic mass is 16.6. The van der Waals surface area contributed by atoms with E-state index in [0.29, 0.717) is 11.3 Å². The number of methoxy groups -OCH3 is 1. The number of ether oxygens (including phenoxy) is 3. The molecule has 2 heterocycles. The van der Waals surface area contributed by atoms with E-state index in [1.54, 1.807) is 6.92 Å². The molecule has 1 aliphatic rings. The van der Waals surface area contributed by atoms with Crippen LogP contribution in [0.2, 0.25) is 0 Å². The number of aromatic nitrogens is 1. The van der Waals surface area contributed by atoms with Crippen LogP contribution < -0.4 is 15.0 Å². The summed E-state index contributed by atoms with van der Waals surface area (Å²) < 4.78 is 16.8. The minimum Gasteiger partial charge on any atom is -0.482 e. The third-order valence-corrected chi connectivity index (χ3v) is 4.21. The van der Waals surface area contributed by atoms with Gasteiger partial charge in [-0.1, -0.05) is 0 Å². The number of nitrogens with zero attached hydrogens (tertiary/aromatic N) is 1. The van der Waals surface area contributed by atoms with Crippen molar-refractivity contribution in [1.29, 1.82) is 0 Å². The molecule has 0 saturated carbocycles. The number of fused-ring (bicyclic) bond motifs is 1. The van der Waals surface area contributed by atoms with Crippen LogP contribution in [-0.2, 0) is 4.74 Å². The minimum atomic E-state index is -1.20. The summed E-state index contributed by atoms with van der Waals surface area (Å²) in [7, 11) is 1.47. The number of aliphatic hydroxyl groups excluding tert-OH is 1. The Morgan fingerprint density at radius 3 is 2.81 bits per heavy atom. The van der Waals surface area contributed by atoms with Crippen LogP contribution in [0.25, 0.3) is 0 Å². The van der Waals surface area contributed by atoms with Crippen molar-refractivity contribution in [2.24, 2.45) is 0 Å². The predicted molar refractivity (Wildman–Crippen MR) is 90.4 cm³/mol. The first-order valence-corrected chi connectivity index (χ1v) is 7.84. The average Bonchev–Trinajstić information content (AvgIpc) is 2.59. The summed E-state index contributed by atoms with van der Waals surface area (Å²) in [5, 5.41) is 21.9. The van der Waals surface area contributed by atoms with Gasteiger partial charge in [-0.25, -0.2) is 0 Å². The molecule has 3 atom stereocenters. The maximum absolute atomic E-state index is 11.5. The number of nitrogens with one attached hydrogen (secondary N) is 1. The van der Waals surface area contributed by atoms with Crippen LogP contribution in [0.15, 0.2) is 41.3 Å². The highest BCUT2D eigenvalue weighted by molar-refractivity contribution is 5.48. The van der Waals surface area contributed by atoms with Crippen molar-refractivity contribution < 1.29 is 24.2 Å². The Morgan fingerprint density at radius 1 is 1.38 bits per heavy atom. The van der Waals surface area contributed by atoms with E-state index >= 15 is 0 Å². The number of aromatic amines is 1. The fraction of sp³-hybridized carbons (Fsp3) is 0.353. The summed E-state index contributed by atoms with van der Waals surface area (Å²) in [6.45, 7) is 1.72. The molecule has 3 rings (SSSR count). The first-order chi connectivity index (χ1) is 12.3. The third kappa shape index (κ3) is 3.26. The topological polar surface area (TPSA) is 124 Å². The van der Waals surface area contributed by atoms with Crippen LogP contribution in [0.1, 0.15) is 18.6 Å². The number of hydrogen-bond acceptors (Lipinski definition) is 7. The largest absolute Gasteiger partial charge is 0.482 e. The van der Waals surface area contributed by atoms with Crippen molar-refractivity contribution in [3.8, 4) is 11.5 Å². The maximum atomic E-state index is 11.5. The zero-order valence-corrected chi connectivity index (χ0v) is 14.2. The molecule has 138 valence electrons. The van der Waals surface area contributed by atoms with Gasteiger partial charge in [0.1, 0.15) is 17.6 Å². The first-order valence-electron chi connectivity index (χ1n) is 7.84. The molecule has 2 aromatic rings. The molecular formula is C17H18N2O7. The van der Waals surface area contributed by atoms with Crippen LogP contribution in [0.5, 0.6) is 11.5 Å². The highest BCUT2D eigenvalue weighted by Gasteiger charge is 2.48. The first kappa shape index (κ1) is 17.9. The molecule has 0 aliphatic carbocycles. The molecule has 1 aromatic carbocycles. The third-order valence-electron chi connectivity index (χ3n) is 4.21. The molecule has 0 radical (unpaired) electrons. The molecule has 0 amide bonds. The second-order valence-corrected chi connectivity index (χ2v) is 6.20. The molecule has 1 aliphatic heterocycles. The Balaban J connectivity index is 2.08. The number of nitro groups is 1. The van der Waals surface area contributed by atoms with Gasteiger partial charge in [-0.05, 0) is 19.1 Å². The van der Waals surface area contributed by atoms with Gasteiger partial charge < -0.3 is 24.3 Å². The number of rotatable bonds is 5. The number of pyridine rings is 1. The lowest BCUT2D eigenvalue weighted by Crippen LogP contribution is -2.55. The van der Waals surface area contributed by atoms with Crippen molar-refractivity contribution in [2.75, 3.05) is 13.7 Å². The van der Waals surface area contributed by atoms with E-state index in [1.807, 2.05) is 0 Å². The normalized spacial score (nSPS) is 24.4. The standard InChI is InChI=1S/C17H18N2O7/c1-17(9-24-2)16(21)15(25-11-5-6-18-14(20)8-11)12-7-10(19(22)23)3-4-13(12)26-17/h3-8,15-16,21H,9H2,1-2H3,(H,18,20). The lowest BCUT2D eigenvalue weighted by Gasteiger charge is -2.43. The fourth-order valence-corrected chi connectivity index (χ4v) is 2.94. The van der Waals surface area contributed by atoms with Crippen LogP contribution in [0.3, 0.4) is 0 Å². The molecule has 0 spiro atoms. The van der Waals surface area contributed by atoms with Gasteiger partial charge in [0, 0.05) is 37.1 Å². The van der Waals surface area contributed by atoms with Crippen LogP contribution >= 0.6 is 0 Å². The van der Waals surface area contributed by atoms with Gasteiger partial charge in [0.15, 0.2) is 11.7 Å². The van der Waals surface area contributed by atoms with Gasteiger partial charge in [-0.15, -0.1) is 0 Å². The van der Waals surface area contributed by atoms with E-state index in [4.69, 9.17) is 14.2 Å². The summed E-state index contributed by atoms with van der Waals surface area (Å²) in [5.74, 6) is 0.562. The monoisotopic (exact) mass is 362 g/mol. The number of aliphatic hydroxyl groups is 1. The number of benzene rings is 1. The number of hydrogen-bond donors (Lipinski definition) is 2. The molecule has 0 bridgehead atoms. The van der Waals surface area contributed by atoms with Crippen molar-refractivity contribution >= 4 is 5.69 Å². The van der Waals surface area contributed by atoms with E-state index in [1.165, 1.54) is 43.6 Å². The van der Waals surface area contributed by atoms with Crippen molar-refractivity contribution in [2.45, 2.75) is 24.7 Å². The van der Waals surface area contributed by atoms with Crippen LogP contribution in [0.4, 0.5) is 5.69 Å². The molecule has 2 N–H and O–H groups in total.